The van der Waals surface area contributed by atoms with Gasteiger partial charge in [0.1, 0.15) is 5.69 Å². The second-order valence-corrected chi connectivity index (χ2v) is 5.18. The molecule has 18 heavy (non-hydrogen) atoms. The summed E-state index contributed by atoms with van der Waals surface area (Å²) in [6.45, 7) is 3.65. The Labute approximate surface area is 103 Å². The summed E-state index contributed by atoms with van der Waals surface area (Å²) in [6.07, 6.45) is -2.02. The quantitative estimate of drug-likeness (QED) is 0.833. The first-order valence-electron chi connectivity index (χ1n) is 5.98. The minimum Gasteiger partial charge on any atom is -0.370 e. The van der Waals surface area contributed by atoms with Crippen LogP contribution >= 0.6 is 0 Å². The van der Waals surface area contributed by atoms with Crippen LogP contribution in [0.5, 0.6) is 0 Å². The van der Waals surface area contributed by atoms with Crippen LogP contribution in [0.25, 0.3) is 0 Å². The Morgan fingerprint density at radius 1 is 1.33 bits per heavy atom. The van der Waals surface area contributed by atoms with Crippen LogP contribution < -0.4 is 10.2 Å². The maximum atomic E-state index is 12.6. The number of alkyl halides is 3. The van der Waals surface area contributed by atoms with E-state index in [1.54, 1.807) is 6.07 Å². The molecule has 1 spiro atoms. The molecule has 0 aromatic carbocycles. The number of hydrogen-bond donors (Lipinski definition) is 1. The first kappa shape index (κ1) is 11.8. The predicted molar refractivity (Wildman–Crippen MR) is 61.4 cm³/mol. The Bertz CT molecular complexity index is 444. The zero-order valence-corrected chi connectivity index (χ0v) is 9.80. The van der Waals surface area contributed by atoms with Crippen molar-refractivity contribution in [1.82, 2.24) is 10.3 Å². The van der Waals surface area contributed by atoms with Gasteiger partial charge in [0.25, 0.3) is 0 Å². The van der Waals surface area contributed by atoms with E-state index in [4.69, 9.17) is 0 Å². The van der Waals surface area contributed by atoms with Gasteiger partial charge in [-0.15, -0.1) is 0 Å². The lowest BCUT2D eigenvalue weighted by Gasteiger charge is -2.49. The van der Waals surface area contributed by atoms with E-state index in [-0.39, 0.29) is 5.41 Å². The molecular formula is C12H14F3N3. The molecule has 1 N–H and O–H groups in total. The number of anilines is 1. The lowest BCUT2D eigenvalue weighted by atomic mass is 9.79. The van der Waals surface area contributed by atoms with Crippen LogP contribution in [-0.4, -0.2) is 31.2 Å². The number of halogens is 3. The molecule has 1 aromatic heterocycles. The third-order valence-corrected chi connectivity index (χ3v) is 3.78. The Kier molecular flexibility index (Phi) is 2.52. The van der Waals surface area contributed by atoms with E-state index in [2.05, 4.69) is 10.3 Å². The van der Waals surface area contributed by atoms with Gasteiger partial charge >= 0.3 is 6.18 Å². The monoisotopic (exact) mass is 257 g/mol. The van der Waals surface area contributed by atoms with Crippen molar-refractivity contribution in [3.05, 3.63) is 24.0 Å². The highest BCUT2D eigenvalue weighted by Crippen LogP contribution is 2.40. The van der Waals surface area contributed by atoms with Crippen molar-refractivity contribution >= 4 is 5.69 Å². The summed E-state index contributed by atoms with van der Waals surface area (Å²) in [6, 6.07) is 2.78. The first-order chi connectivity index (χ1) is 8.49. The smallest absolute Gasteiger partial charge is 0.370 e. The first-order valence-corrected chi connectivity index (χ1v) is 5.98. The van der Waals surface area contributed by atoms with Crippen molar-refractivity contribution in [1.29, 1.82) is 0 Å². The molecule has 2 aliphatic rings. The van der Waals surface area contributed by atoms with Gasteiger partial charge in [0.15, 0.2) is 0 Å². The van der Waals surface area contributed by atoms with E-state index in [0.717, 1.165) is 38.7 Å². The summed E-state index contributed by atoms with van der Waals surface area (Å²) in [5, 5.41) is 3.30. The summed E-state index contributed by atoms with van der Waals surface area (Å²) < 4.78 is 37.7. The van der Waals surface area contributed by atoms with Gasteiger partial charge in [-0.1, -0.05) is 0 Å². The van der Waals surface area contributed by atoms with E-state index in [1.807, 2.05) is 4.90 Å². The number of nitrogens with one attached hydrogen (secondary N) is 1. The van der Waals surface area contributed by atoms with E-state index in [1.165, 1.54) is 6.20 Å². The summed E-state index contributed by atoms with van der Waals surface area (Å²) >= 11 is 0. The van der Waals surface area contributed by atoms with E-state index >= 15 is 0 Å². The zero-order chi connectivity index (χ0) is 12.8. The number of nitrogens with zero attached hydrogens (tertiary/aromatic N) is 2. The number of rotatable bonds is 1. The van der Waals surface area contributed by atoms with Crippen LogP contribution in [0.15, 0.2) is 18.3 Å². The van der Waals surface area contributed by atoms with Crippen molar-refractivity contribution in [2.75, 3.05) is 31.1 Å². The summed E-state index contributed by atoms with van der Waals surface area (Å²) in [7, 11) is 0. The van der Waals surface area contributed by atoms with Gasteiger partial charge in [0, 0.05) is 36.9 Å². The van der Waals surface area contributed by atoms with Gasteiger partial charge in [0.05, 0.1) is 0 Å². The summed E-state index contributed by atoms with van der Waals surface area (Å²) in [5.74, 6) is 0. The lowest BCUT2D eigenvalue weighted by Crippen LogP contribution is -2.57. The van der Waals surface area contributed by atoms with Gasteiger partial charge in [-0.25, -0.2) is 0 Å². The Hall–Kier alpha value is -1.30. The maximum Gasteiger partial charge on any atom is 0.433 e. The van der Waals surface area contributed by atoms with Gasteiger partial charge in [-0.05, 0) is 25.1 Å². The van der Waals surface area contributed by atoms with Crippen molar-refractivity contribution in [2.24, 2.45) is 5.41 Å². The fourth-order valence-electron chi connectivity index (χ4n) is 2.78. The minimum atomic E-state index is -4.37. The number of pyridine rings is 1. The third kappa shape index (κ3) is 1.94. The average Bonchev–Trinajstić information content (AvgIpc) is 2.75. The molecule has 0 bridgehead atoms. The Balaban J connectivity index is 1.74. The molecule has 2 aliphatic heterocycles. The van der Waals surface area contributed by atoms with Gasteiger partial charge in [-0.3, -0.25) is 4.98 Å². The average molecular weight is 257 g/mol. The van der Waals surface area contributed by atoms with Crippen LogP contribution in [-0.2, 0) is 6.18 Å². The van der Waals surface area contributed by atoms with E-state index < -0.39 is 11.9 Å². The Morgan fingerprint density at radius 2 is 2.11 bits per heavy atom. The molecule has 0 unspecified atom stereocenters. The second-order valence-electron chi connectivity index (χ2n) is 5.18. The summed E-state index contributed by atoms with van der Waals surface area (Å²) in [4.78, 5) is 5.37. The van der Waals surface area contributed by atoms with Gasteiger partial charge in [-0.2, -0.15) is 13.2 Å². The molecule has 0 amide bonds. The fraction of sp³-hybridized carbons (Fsp3) is 0.583. The molecule has 3 heterocycles. The highest BCUT2D eigenvalue weighted by Gasteiger charge is 2.45. The molecule has 3 rings (SSSR count). The highest BCUT2D eigenvalue weighted by molar-refractivity contribution is 5.50. The fourth-order valence-corrected chi connectivity index (χ4v) is 2.78. The van der Waals surface area contributed by atoms with Crippen molar-refractivity contribution in [2.45, 2.75) is 12.6 Å². The third-order valence-electron chi connectivity index (χ3n) is 3.78. The molecule has 0 aliphatic carbocycles. The molecule has 3 nitrogen and oxygen atoms in total. The molecule has 6 heteroatoms. The van der Waals surface area contributed by atoms with Crippen molar-refractivity contribution in [3.8, 4) is 0 Å². The maximum absolute atomic E-state index is 12.6. The Morgan fingerprint density at radius 3 is 2.72 bits per heavy atom. The van der Waals surface area contributed by atoms with Crippen LogP contribution in [0.1, 0.15) is 12.1 Å². The van der Waals surface area contributed by atoms with Crippen LogP contribution in [0.3, 0.4) is 0 Å². The largest absolute Gasteiger partial charge is 0.433 e. The molecular weight excluding hydrogens is 243 g/mol. The van der Waals surface area contributed by atoms with Gasteiger partial charge in [0.2, 0.25) is 0 Å². The molecule has 0 saturated carbocycles. The summed E-state index contributed by atoms with van der Waals surface area (Å²) in [5.41, 5.74) is 0.0853. The normalized spacial score (nSPS) is 22.3. The molecule has 2 fully saturated rings. The topological polar surface area (TPSA) is 28.2 Å². The van der Waals surface area contributed by atoms with Crippen LogP contribution in [0.2, 0.25) is 0 Å². The zero-order valence-electron chi connectivity index (χ0n) is 9.80. The van der Waals surface area contributed by atoms with Gasteiger partial charge < -0.3 is 10.2 Å². The molecule has 2 saturated heterocycles. The van der Waals surface area contributed by atoms with Crippen molar-refractivity contribution < 1.29 is 13.2 Å². The van der Waals surface area contributed by atoms with Crippen molar-refractivity contribution in [3.63, 3.8) is 0 Å². The molecule has 1 aromatic rings. The number of aromatic nitrogens is 1. The standard InChI is InChI=1S/C12H14F3N3/c13-12(14,15)10-5-9(1-3-17-10)18-7-11(8-18)2-4-16-6-11/h1,3,5,16H,2,4,6-8H2. The predicted octanol–water partition coefficient (Wildman–Crippen LogP) is 1.90. The van der Waals surface area contributed by atoms with E-state index in [0.29, 0.717) is 5.69 Å². The lowest BCUT2D eigenvalue weighted by molar-refractivity contribution is -0.141. The van der Waals surface area contributed by atoms with E-state index in [9.17, 15) is 13.2 Å². The second kappa shape index (κ2) is 3.85. The molecule has 0 radical (unpaired) electrons. The SMILES string of the molecule is FC(F)(F)c1cc(N2CC3(CCNC3)C2)ccn1. The van der Waals surface area contributed by atoms with Crippen LogP contribution in [0.4, 0.5) is 18.9 Å². The minimum absolute atomic E-state index is 0.279. The number of hydrogen-bond acceptors (Lipinski definition) is 3. The molecule has 98 valence electrons. The molecule has 0 atom stereocenters. The van der Waals surface area contributed by atoms with Crippen LogP contribution in [0, 0.1) is 5.41 Å². The highest BCUT2D eigenvalue weighted by atomic mass is 19.4.